The standard InChI is InChI=1S/C16H18BrFN2/c1-10(2)12-5-3-11(4-6-12)9-20-16-7-13(17)14(18)8-15(16)19/h3-8,10,20H,9,19H2,1-2H3. The van der Waals surface area contributed by atoms with E-state index in [4.69, 9.17) is 5.73 Å². The lowest BCUT2D eigenvalue weighted by atomic mass is 10.0. The lowest BCUT2D eigenvalue weighted by Gasteiger charge is -2.11. The van der Waals surface area contributed by atoms with Crippen LogP contribution in [-0.2, 0) is 6.54 Å². The van der Waals surface area contributed by atoms with Gasteiger partial charge in [0, 0.05) is 12.6 Å². The lowest BCUT2D eigenvalue weighted by molar-refractivity contribution is 0.622. The molecule has 106 valence electrons. The van der Waals surface area contributed by atoms with Gasteiger partial charge in [-0.05, 0) is 39.0 Å². The first-order valence-electron chi connectivity index (χ1n) is 6.54. The Morgan fingerprint density at radius 3 is 2.45 bits per heavy atom. The van der Waals surface area contributed by atoms with E-state index in [9.17, 15) is 4.39 Å². The van der Waals surface area contributed by atoms with Gasteiger partial charge in [0.25, 0.3) is 0 Å². The van der Waals surface area contributed by atoms with Crippen molar-refractivity contribution in [3.8, 4) is 0 Å². The van der Waals surface area contributed by atoms with Gasteiger partial charge in [0.1, 0.15) is 5.82 Å². The van der Waals surface area contributed by atoms with Crippen LogP contribution in [0.25, 0.3) is 0 Å². The van der Waals surface area contributed by atoms with Gasteiger partial charge < -0.3 is 11.1 Å². The third-order valence-corrected chi connectivity index (χ3v) is 3.83. The number of halogens is 2. The van der Waals surface area contributed by atoms with Crippen molar-refractivity contribution in [3.05, 3.63) is 57.8 Å². The summed E-state index contributed by atoms with van der Waals surface area (Å²) in [5.74, 6) is 0.176. The maximum atomic E-state index is 13.3. The van der Waals surface area contributed by atoms with Crippen molar-refractivity contribution < 1.29 is 4.39 Å². The molecule has 0 unspecified atom stereocenters. The van der Waals surface area contributed by atoms with Gasteiger partial charge in [-0.2, -0.15) is 0 Å². The smallest absolute Gasteiger partial charge is 0.139 e. The lowest BCUT2D eigenvalue weighted by Crippen LogP contribution is -2.03. The summed E-state index contributed by atoms with van der Waals surface area (Å²) in [5.41, 5.74) is 9.41. The Hall–Kier alpha value is -1.55. The van der Waals surface area contributed by atoms with Crippen molar-refractivity contribution in [1.29, 1.82) is 0 Å². The fraction of sp³-hybridized carbons (Fsp3) is 0.250. The molecule has 2 nitrogen and oxygen atoms in total. The molecule has 0 bridgehead atoms. The first kappa shape index (κ1) is 14.9. The zero-order valence-electron chi connectivity index (χ0n) is 11.6. The Bertz CT molecular complexity index is 594. The summed E-state index contributed by atoms with van der Waals surface area (Å²) in [6.45, 7) is 4.99. The van der Waals surface area contributed by atoms with E-state index in [1.807, 2.05) is 0 Å². The average Bonchev–Trinajstić information content (AvgIpc) is 2.42. The molecule has 20 heavy (non-hydrogen) atoms. The number of nitrogens with two attached hydrogens (primary N) is 1. The highest BCUT2D eigenvalue weighted by Crippen LogP contribution is 2.27. The third-order valence-electron chi connectivity index (χ3n) is 3.22. The van der Waals surface area contributed by atoms with Gasteiger partial charge in [-0.25, -0.2) is 4.39 Å². The van der Waals surface area contributed by atoms with Crippen LogP contribution in [0.1, 0.15) is 30.9 Å². The molecule has 0 fully saturated rings. The van der Waals surface area contributed by atoms with E-state index in [-0.39, 0.29) is 5.82 Å². The maximum absolute atomic E-state index is 13.3. The van der Waals surface area contributed by atoms with Gasteiger partial charge in [0.15, 0.2) is 0 Å². The van der Waals surface area contributed by atoms with Crippen molar-refractivity contribution in [3.63, 3.8) is 0 Å². The fourth-order valence-electron chi connectivity index (χ4n) is 1.93. The van der Waals surface area contributed by atoms with E-state index in [2.05, 4.69) is 59.4 Å². The highest BCUT2D eigenvalue weighted by atomic mass is 79.9. The van der Waals surface area contributed by atoms with Crippen molar-refractivity contribution in [2.24, 2.45) is 0 Å². The number of benzene rings is 2. The van der Waals surface area contributed by atoms with Gasteiger partial charge in [0.2, 0.25) is 0 Å². The van der Waals surface area contributed by atoms with E-state index in [0.717, 1.165) is 11.3 Å². The zero-order valence-corrected chi connectivity index (χ0v) is 13.2. The summed E-state index contributed by atoms with van der Waals surface area (Å²) >= 11 is 3.16. The molecule has 0 heterocycles. The Labute approximate surface area is 127 Å². The van der Waals surface area contributed by atoms with E-state index in [1.165, 1.54) is 11.6 Å². The molecule has 0 amide bonds. The Kier molecular flexibility index (Phi) is 4.65. The molecule has 4 heteroatoms. The quantitative estimate of drug-likeness (QED) is 0.778. The van der Waals surface area contributed by atoms with Crippen LogP contribution >= 0.6 is 15.9 Å². The zero-order chi connectivity index (χ0) is 14.7. The van der Waals surface area contributed by atoms with Crippen molar-refractivity contribution in [1.82, 2.24) is 0 Å². The molecule has 0 saturated heterocycles. The van der Waals surface area contributed by atoms with E-state index in [0.29, 0.717) is 22.6 Å². The molecular formula is C16H18BrFN2. The number of hydrogen-bond acceptors (Lipinski definition) is 2. The van der Waals surface area contributed by atoms with Crippen LogP contribution < -0.4 is 11.1 Å². The minimum Gasteiger partial charge on any atom is -0.397 e. The Morgan fingerprint density at radius 1 is 1.20 bits per heavy atom. The van der Waals surface area contributed by atoms with Gasteiger partial charge in [-0.1, -0.05) is 38.1 Å². The van der Waals surface area contributed by atoms with Crippen LogP contribution in [-0.4, -0.2) is 0 Å². The number of anilines is 2. The molecule has 0 spiro atoms. The monoisotopic (exact) mass is 336 g/mol. The summed E-state index contributed by atoms with van der Waals surface area (Å²) in [7, 11) is 0. The highest BCUT2D eigenvalue weighted by molar-refractivity contribution is 9.10. The maximum Gasteiger partial charge on any atom is 0.139 e. The minimum absolute atomic E-state index is 0.352. The summed E-state index contributed by atoms with van der Waals surface area (Å²) in [5, 5.41) is 3.22. The van der Waals surface area contributed by atoms with Crippen molar-refractivity contribution in [2.75, 3.05) is 11.1 Å². The van der Waals surface area contributed by atoms with Crippen LogP contribution in [0.2, 0.25) is 0 Å². The van der Waals surface area contributed by atoms with Gasteiger partial charge >= 0.3 is 0 Å². The number of hydrogen-bond donors (Lipinski definition) is 2. The second kappa shape index (κ2) is 6.27. The molecule has 0 radical (unpaired) electrons. The molecule has 2 aromatic carbocycles. The topological polar surface area (TPSA) is 38.0 Å². The second-order valence-electron chi connectivity index (χ2n) is 5.10. The molecule has 0 atom stereocenters. The fourth-order valence-corrected chi connectivity index (χ4v) is 2.28. The summed E-state index contributed by atoms with van der Waals surface area (Å²) in [6.07, 6.45) is 0. The Morgan fingerprint density at radius 2 is 1.85 bits per heavy atom. The van der Waals surface area contributed by atoms with Crippen molar-refractivity contribution in [2.45, 2.75) is 26.3 Å². The summed E-state index contributed by atoms with van der Waals surface area (Å²) in [4.78, 5) is 0. The van der Waals surface area contributed by atoms with Crippen molar-refractivity contribution >= 4 is 27.3 Å². The summed E-state index contributed by atoms with van der Waals surface area (Å²) < 4.78 is 13.7. The first-order valence-corrected chi connectivity index (χ1v) is 7.34. The van der Waals surface area contributed by atoms with E-state index in [1.54, 1.807) is 6.07 Å². The van der Waals surface area contributed by atoms with Crippen LogP contribution in [0.3, 0.4) is 0 Å². The molecule has 3 N–H and O–H groups in total. The normalized spacial score (nSPS) is 10.8. The third kappa shape index (κ3) is 3.51. The van der Waals surface area contributed by atoms with Gasteiger partial charge in [-0.15, -0.1) is 0 Å². The van der Waals surface area contributed by atoms with E-state index >= 15 is 0 Å². The predicted molar refractivity (Wildman–Crippen MR) is 86.4 cm³/mol. The highest BCUT2D eigenvalue weighted by Gasteiger charge is 2.06. The summed E-state index contributed by atoms with van der Waals surface area (Å²) in [6, 6.07) is 11.4. The van der Waals surface area contributed by atoms with Crippen LogP contribution in [0.15, 0.2) is 40.9 Å². The molecule has 0 saturated carbocycles. The molecule has 0 aliphatic rings. The second-order valence-corrected chi connectivity index (χ2v) is 5.96. The average molecular weight is 337 g/mol. The van der Waals surface area contributed by atoms with Crippen LogP contribution in [0.4, 0.5) is 15.8 Å². The molecule has 0 aromatic heterocycles. The van der Waals surface area contributed by atoms with Crippen LogP contribution in [0, 0.1) is 5.82 Å². The van der Waals surface area contributed by atoms with Crippen LogP contribution in [0.5, 0.6) is 0 Å². The first-order chi connectivity index (χ1) is 9.47. The number of nitrogens with one attached hydrogen (secondary N) is 1. The minimum atomic E-state index is -0.352. The number of nitrogen functional groups attached to an aromatic ring is 1. The van der Waals surface area contributed by atoms with Gasteiger partial charge in [0.05, 0.1) is 15.8 Å². The van der Waals surface area contributed by atoms with Gasteiger partial charge in [-0.3, -0.25) is 0 Å². The van der Waals surface area contributed by atoms with E-state index < -0.39 is 0 Å². The number of rotatable bonds is 4. The molecule has 2 rings (SSSR count). The molecular weight excluding hydrogens is 319 g/mol. The predicted octanol–water partition coefficient (Wildman–Crippen LogP) is 4.91. The molecule has 0 aliphatic carbocycles. The molecule has 2 aromatic rings. The largest absolute Gasteiger partial charge is 0.397 e. The molecule has 0 aliphatic heterocycles. The Balaban J connectivity index is 2.07. The SMILES string of the molecule is CC(C)c1ccc(CNc2cc(Br)c(F)cc2N)cc1.